The maximum absolute atomic E-state index is 13.3. The van der Waals surface area contributed by atoms with E-state index in [0.29, 0.717) is 16.9 Å². The van der Waals surface area contributed by atoms with E-state index in [9.17, 15) is 13.2 Å². The highest BCUT2D eigenvalue weighted by atomic mass is 32.2. The molecular weight excluding hydrogens is 464 g/mol. The van der Waals surface area contributed by atoms with Crippen LogP contribution in [0.4, 0.5) is 11.4 Å². The molecule has 4 aromatic rings. The van der Waals surface area contributed by atoms with Crippen molar-refractivity contribution in [1.82, 2.24) is 9.78 Å². The Morgan fingerprint density at radius 2 is 1.69 bits per heavy atom. The Bertz CT molecular complexity index is 1490. The molecule has 0 aliphatic rings. The van der Waals surface area contributed by atoms with Crippen molar-refractivity contribution in [3.63, 3.8) is 0 Å². The van der Waals surface area contributed by atoms with Crippen molar-refractivity contribution in [3.8, 4) is 17.0 Å². The lowest BCUT2D eigenvalue weighted by atomic mass is 10.1. The zero-order chi connectivity index (χ0) is 25.2. The van der Waals surface area contributed by atoms with Gasteiger partial charge in [-0.1, -0.05) is 30.3 Å². The Labute approximate surface area is 204 Å². The average molecular weight is 491 g/mol. The van der Waals surface area contributed by atoms with E-state index in [0.717, 1.165) is 22.4 Å². The number of sulfonamides is 1. The molecule has 0 unspecified atom stereocenters. The van der Waals surface area contributed by atoms with Gasteiger partial charge in [-0.15, -0.1) is 0 Å². The number of benzene rings is 3. The van der Waals surface area contributed by atoms with Crippen LogP contribution in [0.15, 0.2) is 77.8 Å². The Hall–Kier alpha value is -4.11. The summed E-state index contributed by atoms with van der Waals surface area (Å²) in [7, 11) is -0.775. The number of nitrogens with zero attached hydrogens (tertiary/aromatic N) is 2. The lowest BCUT2D eigenvalue weighted by Crippen LogP contribution is -2.17. The Balaban J connectivity index is 1.63. The number of anilines is 2. The van der Waals surface area contributed by atoms with Crippen LogP contribution in [0.2, 0.25) is 0 Å². The van der Waals surface area contributed by atoms with Gasteiger partial charge in [0.15, 0.2) is 0 Å². The van der Waals surface area contributed by atoms with Gasteiger partial charge in [-0.2, -0.15) is 5.10 Å². The molecule has 0 spiro atoms. The van der Waals surface area contributed by atoms with Crippen molar-refractivity contribution in [3.05, 3.63) is 89.6 Å². The molecule has 1 aromatic heterocycles. The minimum absolute atomic E-state index is 0.0795. The van der Waals surface area contributed by atoms with Crippen LogP contribution in [0.5, 0.6) is 5.75 Å². The lowest BCUT2D eigenvalue weighted by Gasteiger charge is -2.16. The highest BCUT2D eigenvalue weighted by Crippen LogP contribution is 2.31. The van der Waals surface area contributed by atoms with E-state index in [1.54, 1.807) is 35.1 Å². The Morgan fingerprint density at radius 3 is 2.34 bits per heavy atom. The van der Waals surface area contributed by atoms with E-state index in [2.05, 4.69) is 15.1 Å². The van der Waals surface area contributed by atoms with Gasteiger partial charge in [0, 0.05) is 30.1 Å². The van der Waals surface area contributed by atoms with E-state index in [1.807, 2.05) is 51.2 Å². The van der Waals surface area contributed by atoms with Crippen LogP contribution >= 0.6 is 0 Å². The third kappa shape index (κ3) is 5.04. The van der Waals surface area contributed by atoms with Gasteiger partial charge in [0.25, 0.3) is 15.9 Å². The van der Waals surface area contributed by atoms with Crippen LogP contribution < -0.4 is 14.8 Å². The quantitative estimate of drug-likeness (QED) is 0.389. The van der Waals surface area contributed by atoms with Crippen LogP contribution in [0.1, 0.15) is 21.5 Å². The highest BCUT2D eigenvalue weighted by Gasteiger charge is 2.22. The topological polar surface area (TPSA) is 102 Å². The number of para-hydroxylation sites is 1. The zero-order valence-corrected chi connectivity index (χ0v) is 20.7. The summed E-state index contributed by atoms with van der Waals surface area (Å²) in [5.74, 6) is -0.204. The number of carbonyl (C=O) groups excluding carboxylic acids is 1. The van der Waals surface area contributed by atoms with E-state index in [-0.39, 0.29) is 16.6 Å². The third-order valence-corrected chi connectivity index (χ3v) is 7.04. The minimum Gasteiger partial charge on any atom is -0.495 e. The molecule has 0 bridgehead atoms. The summed E-state index contributed by atoms with van der Waals surface area (Å²) in [6, 6.07) is 19.0. The molecule has 0 saturated carbocycles. The third-order valence-electron chi connectivity index (χ3n) is 5.67. The molecule has 35 heavy (non-hydrogen) atoms. The first-order chi connectivity index (χ1) is 16.7. The molecule has 180 valence electrons. The number of methoxy groups -OCH3 is 1. The van der Waals surface area contributed by atoms with Gasteiger partial charge in [0.05, 0.1) is 18.5 Å². The van der Waals surface area contributed by atoms with Crippen molar-refractivity contribution in [2.45, 2.75) is 18.7 Å². The SMILES string of the molecule is COc1ccc(NC(=O)c2cccc(-c3ccnn3C)c2)cc1S(=O)(=O)Nc1c(C)cccc1C. The van der Waals surface area contributed by atoms with Gasteiger partial charge in [-0.05, 0) is 61.4 Å². The number of hydrogen-bond donors (Lipinski definition) is 2. The highest BCUT2D eigenvalue weighted by molar-refractivity contribution is 7.92. The molecule has 1 heterocycles. The summed E-state index contributed by atoms with van der Waals surface area (Å²) >= 11 is 0. The summed E-state index contributed by atoms with van der Waals surface area (Å²) < 4.78 is 36.3. The van der Waals surface area contributed by atoms with Crippen molar-refractivity contribution >= 4 is 27.3 Å². The first-order valence-corrected chi connectivity index (χ1v) is 12.3. The number of aryl methyl sites for hydroxylation is 3. The van der Waals surface area contributed by atoms with Gasteiger partial charge < -0.3 is 10.1 Å². The predicted molar refractivity (Wildman–Crippen MR) is 136 cm³/mol. The van der Waals surface area contributed by atoms with Crippen molar-refractivity contribution < 1.29 is 17.9 Å². The van der Waals surface area contributed by atoms with Crippen LogP contribution in [0.25, 0.3) is 11.3 Å². The number of rotatable bonds is 7. The van der Waals surface area contributed by atoms with Gasteiger partial charge in [-0.25, -0.2) is 8.42 Å². The summed E-state index contributed by atoms with van der Waals surface area (Å²) in [4.78, 5) is 12.9. The van der Waals surface area contributed by atoms with Crippen molar-refractivity contribution in [1.29, 1.82) is 0 Å². The fraction of sp³-hybridized carbons (Fsp3) is 0.154. The molecule has 0 saturated heterocycles. The molecule has 8 nitrogen and oxygen atoms in total. The van der Waals surface area contributed by atoms with Crippen LogP contribution in [-0.2, 0) is 17.1 Å². The number of ether oxygens (including phenoxy) is 1. The first kappa shape index (κ1) is 24.0. The van der Waals surface area contributed by atoms with Crippen molar-refractivity contribution in [2.24, 2.45) is 7.05 Å². The standard InChI is InChI=1S/C26H26N4O4S/c1-17-7-5-8-18(2)25(17)29-35(32,33)24-16-21(11-12-23(24)34-4)28-26(31)20-10-6-9-19(15-20)22-13-14-27-30(22)3/h5-16,29H,1-4H3,(H,28,31). The molecule has 2 N–H and O–H groups in total. The number of carbonyl (C=O) groups is 1. The van der Waals surface area contributed by atoms with Gasteiger partial charge >= 0.3 is 0 Å². The van der Waals surface area contributed by atoms with E-state index >= 15 is 0 Å². The molecule has 0 atom stereocenters. The second-order valence-electron chi connectivity index (χ2n) is 8.11. The Kier molecular flexibility index (Phi) is 6.61. The van der Waals surface area contributed by atoms with E-state index in [1.165, 1.54) is 19.2 Å². The van der Waals surface area contributed by atoms with E-state index < -0.39 is 10.0 Å². The Morgan fingerprint density at radius 1 is 0.971 bits per heavy atom. The summed E-state index contributed by atoms with van der Waals surface area (Å²) in [5, 5.41) is 6.95. The smallest absolute Gasteiger partial charge is 0.265 e. The second-order valence-corrected chi connectivity index (χ2v) is 9.76. The molecule has 0 radical (unpaired) electrons. The molecule has 3 aromatic carbocycles. The first-order valence-electron chi connectivity index (χ1n) is 10.9. The normalized spacial score (nSPS) is 11.2. The maximum atomic E-state index is 13.3. The second kappa shape index (κ2) is 9.63. The summed E-state index contributed by atoms with van der Waals surface area (Å²) in [6.45, 7) is 3.66. The van der Waals surface area contributed by atoms with Gasteiger partial charge in [-0.3, -0.25) is 14.2 Å². The molecule has 0 fully saturated rings. The van der Waals surface area contributed by atoms with Crippen molar-refractivity contribution in [2.75, 3.05) is 17.1 Å². The predicted octanol–water partition coefficient (Wildman–Crippen LogP) is 4.77. The molecule has 9 heteroatoms. The number of nitrogens with one attached hydrogen (secondary N) is 2. The molecule has 4 rings (SSSR count). The van der Waals surface area contributed by atoms with Crippen LogP contribution in [0, 0.1) is 13.8 Å². The van der Waals surface area contributed by atoms with Crippen LogP contribution in [0.3, 0.4) is 0 Å². The van der Waals surface area contributed by atoms with Gasteiger partial charge in [0.1, 0.15) is 10.6 Å². The summed E-state index contributed by atoms with van der Waals surface area (Å²) in [5.41, 5.74) is 4.57. The molecule has 1 amide bonds. The lowest BCUT2D eigenvalue weighted by molar-refractivity contribution is 0.102. The maximum Gasteiger partial charge on any atom is 0.265 e. The molecule has 0 aliphatic carbocycles. The monoisotopic (exact) mass is 490 g/mol. The minimum atomic E-state index is -4.00. The summed E-state index contributed by atoms with van der Waals surface area (Å²) in [6.07, 6.45) is 1.69. The average Bonchev–Trinajstić information content (AvgIpc) is 3.27. The molecular formula is C26H26N4O4S. The number of aromatic nitrogens is 2. The fourth-order valence-electron chi connectivity index (χ4n) is 3.81. The zero-order valence-electron chi connectivity index (χ0n) is 19.9. The van der Waals surface area contributed by atoms with Crippen LogP contribution in [-0.4, -0.2) is 31.2 Å². The fourth-order valence-corrected chi connectivity index (χ4v) is 5.21. The number of amides is 1. The van der Waals surface area contributed by atoms with Gasteiger partial charge in [0.2, 0.25) is 0 Å². The molecule has 0 aliphatic heterocycles. The van der Waals surface area contributed by atoms with E-state index in [4.69, 9.17) is 4.74 Å². The largest absolute Gasteiger partial charge is 0.495 e. The number of hydrogen-bond acceptors (Lipinski definition) is 5.